The second-order valence-corrected chi connectivity index (χ2v) is 6.16. The lowest BCUT2D eigenvalue weighted by atomic mass is 9.85. The Labute approximate surface area is 132 Å². The van der Waals surface area contributed by atoms with Crippen LogP contribution in [0.5, 0.6) is 0 Å². The lowest BCUT2D eigenvalue weighted by molar-refractivity contribution is 0.0738. The second kappa shape index (κ2) is 7.27. The Hall–Kier alpha value is -1.07. The lowest BCUT2D eigenvalue weighted by Crippen LogP contribution is -2.35. The maximum Gasteiger partial charge on any atom is 0.274 e. The van der Waals surface area contributed by atoms with E-state index in [0.29, 0.717) is 17.7 Å². The van der Waals surface area contributed by atoms with Gasteiger partial charge in [0.2, 0.25) is 0 Å². The molecule has 1 amide bonds. The van der Waals surface area contributed by atoms with E-state index in [1.54, 1.807) is 0 Å². The van der Waals surface area contributed by atoms with Gasteiger partial charge in [-0.25, -0.2) is 0 Å². The molecule has 118 valence electrons. The third kappa shape index (κ3) is 3.77. The van der Waals surface area contributed by atoms with Crippen molar-refractivity contribution in [3.8, 4) is 0 Å². The molecule has 0 spiro atoms. The Balaban J connectivity index is 0.00000161. The third-order valence-corrected chi connectivity index (χ3v) is 4.58. The molecule has 1 aromatic rings. The summed E-state index contributed by atoms with van der Waals surface area (Å²) in [5.41, 5.74) is 0.581. The van der Waals surface area contributed by atoms with E-state index in [1.807, 2.05) is 28.9 Å². The summed E-state index contributed by atoms with van der Waals surface area (Å²) in [5.74, 6) is 0.757. The zero-order valence-corrected chi connectivity index (χ0v) is 13.4. The van der Waals surface area contributed by atoms with Crippen molar-refractivity contribution in [2.24, 2.45) is 5.92 Å². The highest BCUT2D eigenvalue weighted by Crippen LogP contribution is 2.27. The summed E-state index contributed by atoms with van der Waals surface area (Å²) >= 11 is 0. The number of aromatic nitrogens is 2. The number of nitrogens with zero attached hydrogens (tertiary/aromatic N) is 3. The SMILES string of the molecule is CN(CC1CCC1)C(=O)c1ccn(C2CCCNC2)n1.Cl. The highest BCUT2D eigenvalue weighted by atomic mass is 35.5. The largest absolute Gasteiger partial charge is 0.340 e. The topological polar surface area (TPSA) is 50.2 Å². The summed E-state index contributed by atoms with van der Waals surface area (Å²) < 4.78 is 1.95. The van der Waals surface area contributed by atoms with Gasteiger partial charge in [-0.05, 0) is 44.2 Å². The minimum atomic E-state index is 0. The average Bonchev–Trinajstić information content (AvgIpc) is 2.92. The molecule has 0 radical (unpaired) electrons. The molecule has 21 heavy (non-hydrogen) atoms. The summed E-state index contributed by atoms with van der Waals surface area (Å²) in [7, 11) is 1.89. The van der Waals surface area contributed by atoms with E-state index < -0.39 is 0 Å². The fourth-order valence-electron chi connectivity index (χ4n) is 3.06. The molecule has 5 nitrogen and oxygen atoms in total. The predicted octanol–water partition coefficient (Wildman–Crippen LogP) is 2.10. The van der Waals surface area contributed by atoms with E-state index in [4.69, 9.17) is 0 Å². The zero-order chi connectivity index (χ0) is 13.9. The second-order valence-electron chi connectivity index (χ2n) is 6.16. The average molecular weight is 313 g/mol. The summed E-state index contributed by atoms with van der Waals surface area (Å²) in [5, 5.41) is 7.87. The van der Waals surface area contributed by atoms with Crippen LogP contribution in [0.2, 0.25) is 0 Å². The molecule has 1 saturated carbocycles. The molecule has 1 aliphatic heterocycles. The first kappa shape index (κ1) is 16.3. The Kier molecular flexibility index (Phi) is 5.65. The van der Waals surface area contributed by atoms with Gasteiger partial charge in [0.15, 0.2) is 0 Å². The van der Waals surface area contributed by atoms with Crippen molar-refractivity contribution >= 4 is 18.3 Å². The maximum absolute atomic E-state index is 12.4. The van der Waals surface area contributed by atoms with E-state index in [-0.39, 0.29) is 18.3 Å². The number of amides is 1. The summed E-state index contributed by atoms with van der Waals surface area (Å²) in [4.78, 5) is 14.2. The molecule has 2 fully saturated rings. The van der Waals surface area contributed by atoms with Crippen molar-refractivity contribution in [1.29, 1.82) is 0 Å². The number of hydrogen-bond donors (Lipinski definition) is 1. The Morgan fingerprint density at radius 1 is 1.43 bits per heavy atom. The van der Waals surface area contributed by atoms with Crippen molar-refractivity contribution in [1.82, 2.24) is 20.0 Å². The van der Waals surface area contributed by atoms with Crippen molar-refractivity contribution < 1.29 is 4.79 Å². The number of hydrogen-bond acceptors (Lipinski definition) is 3. The number of nitrogens with one attached hydrogen (secondary N) is 1. The molecule has 6 heteroatoms. The van der Waals surface area contributed by atoms with E-state index in [2.05, 4.69) is 10.4 Å². The third-order valence-electron chi connectivity index (χ3n) is 4.58. The van der Waals surface area contributed by atoms with Crippen LogP contribution in [0.4, 0.5) is 0 Å². The van der Waals surface area contributed by atoms with Crippen LogP contribution in [0.1, 0.15) is 48.6 Å². The minimum Gasteiger partial charge on any atom is -0.340 e. The van der Waals surface area contributed by atoms with Crippen LogP contribution >= 0.6 is 12.4 Å². The molecule has 1 aromatic heterocycles. The fraction of sp³-hybridized carbons (Fsp3) is 0.733. The van der Waals surface area contributed by atoms with Gasteiger partial charge in [0.1, 0.15) is 5.69 Å². The van der Waals surface area contributed by atoms with Crippen LogP contribution in [-0.4, -0.2) is 47.3 Å². The molecule has 0 aromatic carbocycles. The first-order valence-electron chi connectivity index (χ1n) is 7.75. The molecule has 2 aliphatic rings. The first-order chi connectivity index (χ1) is 9.74. The van der Waals surface area contributed by atoms with Crippen molar-refractivity contribution in [2.75, 3.05) is 26.7 Å². The fourth-order valence-corrected chi connectivity index (χ4v) is 3.06. The highest BCUT2D eigenvalue weighted by Gasteiger charge is 2.24. The molecule has 1 N–H and O–H groups in total. The smallest absolute Gasteiger partial charge is 0.274 e. The molecular formula is C15H25ClN4O. The number of halogens is 1. The number of rotatable bonds is 4. The van der Waals surface area contributed by atoms with Gasteiger partial charge in [0.25, 0.3) is 5.91 Å². The van der Waals surface area contributed by atoms with E-state index in [0.717, 1.165) is 26.1 Å². The lowest BCUT2D eigenvalue weighted by Gasteiger charge is -2.29. The maximum atomic E-state index is 12.4. The minimum absolute atomic E-state index is 0. The zero-order valence-electron chi connectivity index (χ0n) is 12.6. The summed E-state index contributed by atoms with van der Waals surface area (Å²) in [6.07, 6.45) is 8.10. The number of carbonyl (C=O) groups excluding carboxylic acids is 1. The van der Waals surface area contributed by atoms with Crippen LogP contribution in [0.25, 0.3) is 0 Å². The van der Waals surface area contributed by atoms with Crippen molar-refractivity contribution in [2.45, 2.75) is 38.1 Å². The van der Waals surface area contributed by atoms with E-state index in [1.165, 1.54) is 25.7 Å². The number of piperidine rings is 1. The molecule has 0 bridgehead atoms. The van der Waals surface area contributed by atoms with Crippen LogP contribution < -0.4 is 5.32 Å². The van der Waals surface area contributed by atoms with Gasteiger partial charge in [0, 0.05) is 26.3 Å². The quantitative estimate of drug-likeness (QED) is 0.926. The molecule has 2 heterocycles. The van der Waals surface area contributed by atoms with Gasteiger partial charge in [-0.1, -0.05) is 6.42 Å². The molecule has 1 aliphatic carbocycles. The van der Waals surface area contributed by atoms with Crippen molar-refractivity contribution in [3.63, 3.8) is 0 Å². The number of carbonyl (C=O) groups is 1. The van der Waals surface area contributed by atoms with Crippen LogP contribution in [-0.2, 0) is 0 Å². The van der Waals surface area contributed by atoms with E-state index >= 15 is 0 Å². The Morgan fingerprint density at radius 3 is 2.86 bits per heavy atom. The van der Waals surface area contributed by atoms with Gasteiger partial charge < -0.3 is 10.2 Å². The van der Waals surface area contributed by atoms with Crippen LogP contribution in [0, 0.1) is 5.92 Å². The van der Waals surface area contributed by atoms with Crippen LogP contribution in [0.15, 0.2) is 12.3 Å². The van der Waals surface area contributed by atoms with Gasteiger partial charge in [-0.2, -0.15) is 5.10 Å². The van der Waals surface area contributed by atoms with E-state index in [9.17, 15) is 4.79 Å². The summed E-state index contributed by atoms with van der Waals surface area (Å²) in [6.45, 7) is 2.91. The normalized spacial score (nSPS) is 22.2. The first-order valence-corrected chi connectivity index (χ1v) is 7.75. The van der Waals surface area contributed by atoms with Gasteiger partial charge in [-0.15, -0.1) is 12.4 Å². The molecule has 1 saturated heterocycles. The highest BCUT2D eigenvalue weighted by molar-refractivity contribution is 5.92. The predicted molar refractivity (Wildman–Crippen MR) is 84.9 cm³/mol. The van der Waals surface area contributed by atoms with Gasteiger partial charge >= 0.3 is 0 Å². The molecule has 1 atom stereocenters. The Morgan fingerprint density at radius 2 is 2.24 bits per heavy atom. The molecular weight excluding hydrogens is 288 g/mol. The van der Waals surface area contributed by atoms with Crippen LogP contribution in [0.3, 0.4) is 0 Å². The molecule has 3 rings (SSSR count). The summed E-state index contributed by atoms with van der Waals surface area (Å²) in [6, 6.07) is 2.25. The van der Waals surface area contributed by atoms with Crippen molar-refractivity contribution in [3.05, 3.63) is 18.0 Å². The Bertz CT molecular complexity index is 466. The standard InChI is InChI=1S/C15H24N4O.ClH/c1-18(11-12-4-2-5-12)15(20)14-7-9-19(17-14)13-6-3-8-16-10-13;/h7,9,12-13,16H,2-6,8,10-11H2,1H3;1H. The van der Waals surface area contributed by atoms with Gasteiger partial charge in [-0.3, -0.25) is 9.48 Å². The molecule has 1 unspecified atom stereocenters. The monoisotopic (exact) mass is 312 g/mol. The van der Waals surface area contributed by atoms with Gasteiger partial charge in [0.05, 0.1) is 6.04 Å².